The number of carbonyl (C=O) groups is 3. The number of Topliss-reactive ketones (excluding diaryl/α,β-unsaturated/α-hetero) is 1. The number of aliphatic hydroxyl groups excluding tert-OH is 1. The van der Waals surface area contributed by atoms with E-state index < -0.39 is 28.9 Å². The Morgan fingerprint density at radius 3 is 2.17 bits per heavy atom. The van der Waals surface area contributed by atoms with E-state index in [0.717, 1.165) is 56.9 Å². The topological polar surface area (TPSA) is 113 Å². The third-order valence-electron chi connectivity index (χ3n) is 15.2. The molecule has 47 heavy (non-hydrogen) atoms. The monoisotopic (exact) mass is 655 g/mol. The lowest BCUT2D eigenvalue weighted by molar-refractivity contribution is -0.235. The molecule has 7 heteroatoms. The van der Waals surface area contributed by atoms with E-state index in [2.05, 4.69) is 67.6 Å². The molecule has 0 aromatic carbocycles. The molecule has 0 aromatic rings. The van der Waals surface area contributed by atoms with Crippen molar-refractivity contribution in [1.29, 1.82) is 0 Å². The first kappa shape index (κ1) is 36.5. The molecule has 0 aromatic heterocycles. The van der Waals surface area contributed by atoms with Gasteiger partial charge >= 0.3 is 11.9 Å². The Morgan fingerprint density at radius 1 is 0.915 bits per heavy atom. The summed E-state index contributed by atoms with van der Waals surface area (Å²) >= 11 is 0. The smallest absolute Gasteiger partial charge is 0.309 e. The Balaban J connectivity index is 1.45. The molecule has 0 unspecified atom stereocenters. The van der Waals surface area contributed by atoms with Crippen molar-refractivity contribution in [1.82, 2.24) is 5.32 Å². The SMILES string of the molecule is CC(C)NC[C@H](O)[C@@]12CC[C@]3(C)[C@H](CC[C@@H]4[C@@]5(C)CC[C@H](OC(=O)CC(C)(C)C(=O)O)C(C)(C)[C@@H]5CC[C@]43C)C1=C(C(C)C)C(=O)C2. The Bertz CT molecular complexity index is 1310. The Labute approximate surface area is 284 Å². The number of hydrogen-bond donors (Lipinski definition) is 3. The number of fused-ring (bicyclic) bond motifs is 7. The van der Waals surface area contributed by atoms with Gasteiger partial charge in [0.1, 0.15) is 6.10 Å². The highest BCUT2D eigenvalue weighted by molar-refractivity contribution is 6.00. The van der Waals surface area contributed by atoms with Gasteiger partial charge in [0.15, 0.2) is 5.78 Å². The fraction of sp³-hybridized carbons (Fsp3) is 0.875. The summed E-state index contributed by atoms with van der Waals surface area (Å²) < 4.78 is 6.14. The van der Waals surface area contributed by atoms with E-state index >= 15 is 0 Å². The van der Waals surface area contributed by atoms with Crippen LogP contribution in [0, 0.1) is 56.2 Å². The molecule has 0 bridgehead atoms. The van der Waals surface area contributed by atoms with Crippen LogP contribution in [0.3, 0.4) is 0 Å². The predicted molar refractivity (Wildman–Crippen MR) is 184 cm³/mol. The second-order valence-electron chi connectivity index (χ2n) is 19.1. The third-order valence-corrected chi connectivity index (χ3v) is 15.2. The minimum atomic E-state index is -1.15. The molecule has 9 atom stereocenters. The maximum Gasteiger partial charge on any atom is 0.309 e. The molecule has 5 aliphatic rings. The number of rotatable bonds is 9. The van der Waals surface area contributed by atoms with Crippen molar-refractivity contribution in [3.8, 4) is 0 Å². The Kier molecular flexibility index (Phi) is 9.30. The fourth-order valence-electron chi connectivity index (χ4n) is 12.5. The standard InChI is InChI=1S/C40H65NO6/c1-23(2)32-26(42)20-40(29(43)22-41-24(3)4)19-18-38(10)25(33(32)40)12-13-28-37(9)16-15-30(47-31(44)21-35(5,6)34(45)46)36(7,8)27(37)14-17-39(28,38)11/h23-25,27-30,41,43H,12-22H2,1-11H3,(H,45,46)/t25-,27+,28-,29+,30+,37+,38-,39-,40+/m1/s1. The van der Waals surface area contributed by atoms with Gasteiger partial charge in [0.2, 0.25) is 0 Å². The van der Waals surface area contributed by atoms with E-state index in [0.29, 0.717) is 24.8 Å². The maximum atomic E-state index is 13.8. The number of allylic oxidation sites excluding steroid dienone is 1. The summed E-state index contributed by atoms with van der Waals surface area (Å²) in [5.74, 6) is 0.190. The molecule has 266 valence electrons. The van der Waals surface area contributed by atoms with Crippen LogP contribution >= 0.6 is 0 Å². The zero-order chi connectivity index (χ0) is 35.1. The molecule has 5 aliphatic carbocycles. The number of nitrogens with one attached hydrogen (secondary N) is 1. The molecule has 4 saturated carbocycles. The number of aliphatic carboxylic acids is 1. The van der Waals surface area contributed by atoms with Gasteiger partial charge in [-0.15, -0.1) is 0 Å². The zero-order valence-corrected chi connectivity index (χ0v) is 31.3. The van der Waals surface area contributed by atoms with E-state index in [1.165, 1.54) is 5.57 Å². The van der Waals surface area contributed by atoms with Crippen molar-refractivity contribution >= 4 is 17.7 Å². The molecule has 0 spiro atoms. The molecule has 0 aliphatic heterocycles. The normalized spacial score (nSPS) is 40.4. The number of aliphatic hydroxyl groups is 1. The highest BCUT2D eigenvalue weighted by atomic mass is 16.5. The third kappa shape index (κ3) is 5.47. The van der Waals surface area contributed by atoms with Crippen LogP contribution in [0.25, 0.3) is 0 Å². The number of carboxylic acids is 1. The minimum absolute atomic E-state index is 0.0224. The van der Waals surface area contributed by atoms with E-state index in [-0.39, 0.29) is 57.8 Å². The number of hydrogen-bond acceptors (Lipinski definition) is 6. The van der Waals surface area contributed by atoms with Crippen LogP contribution < -0.4 is 5.32 Å². The fourth-order valence-corrected chi connectivity index (χ4v) is 12.5. The van der Waals surface area contributed by atoms with Crippen molar-refractivity contribution in [2.45, 2.75) is 159 Å². The molecule has 0 heterocycles. The van der Waals surface area contributed by atoms with Crippen LogP contribution in [0.15, 0.2) is 11.1 Å². The van der Waals surface area contributed by atoms with Gasteiger partial charge in [-0.05, 0) is 111 Å². The lowest BCUT2D eigenvalue weighted by atomic mass is 9.33. The first-order chi connectivity index (χ1) is 21.6. The number of carboxylic acid groups (broad SMARTS) is 1. The van der Waals surface area contributed by atoms with Gasteiger partial charge in [0.25, 0.3) is 0 Å². The molecular weight excluding hydrogens is 590 g/mol. The van der Waals surface area contributed by atoms with Crippen LogP contribution in [0.1, 0.15) is 140 Å². The van der Waals surface area contributed by atoms with Crippen molar-refractivity contribution in [3.63, 3.8) is 0 Å². The van der Waals surface area contributed by atoms with Crippen LogP contribution in [-0.2, 0) is 19.1 Å². The summed E-state index contributed by atoms with van der Waals surface area (Å²) in [6.45, 7) is 24.4. The van der Waals surface area contributed by atoms with Gasteiger partial charge in [0, 0.05) is 29.8 Å². The van der Waals surface area contributed by atoms with Crippen LogP contribution in [0.5, 0.6) is 0 Å². The predicted octanol–water partition coefficient (Wildman–Crippen LogP) is 7.74. The van der Waals surface area contributed by atoms with Gasteiger partial charge in [-0.1, -0.05) is 67.9 Å². The molecule has 4 fully saturated rings. The van der Waals surface area contributed by atoms with E-state index in [4.69, 9.17) is 4.74 Å². The average Bonchev–Trinajstić information content (AvgIpc) is 3.26. The number of carbonyl (C=O) groups excluding carboxylic acids is 2. The second-order valence-corrected chi connectivity index (χ2v) is 19.1. The summed E-state index contributed by atoms with van der Waals surface area (Å²) in [4.78, 5) is 38.6. The van der Waals surface area contributed by atoms with Crippen LogP contribution in [0.4, 0.5) is 0 Å². The lowest BCUT2D eigenvalue weighted by Crippen LogP contribution is -2.66. The highest BCUT2D eigenvalue weighted by Gasteiger charge is 2.70. The van der Waals surface area contributed by atoms with Crippen molar-refractivity contribution in [3.05, 3.63) is 11.1 Å². The Hall–Kier alpha value is -1.73. The minimum Gasteiger partial charge on any atom is -0.481 e. The molecule has 3 N–H and O–H groups in total. The van der Waals surface area contributed by atoms with Crippen molar-refractivity contribution in [2.75, 3.05) is 6.54 Å². The first-order valence-electron chi connectivity index (χ1n) is 18.7. The first-order valence-corrected chi connectivity index (χ1v) is 18.7. The molecule has 7 nitrogen and oxygen atoms in total. The molecule has 0 radical (unpaired) electrons. The van der Waals surface area contributed by atoms with Gasteiger partial charge in [-0.3, -0.25) is 14.4 Å². The summed E-state index contributed by atoms with van der Waals surface area (Å²) in [5.41, 5.74) is 0.677. The van der Waals surface area contributed by atoms with Crippen molar-refractivity contribution < 1.29 is 29.3 Å². The van der Waals surface area contributed by atoms with Gasteiger partial charge in [-0.25, -0.2) is 0 Å². The van der Waals surface area contributed by atoms with Gasteiger partial charge < -0.3 is 20.3 Å². The summed E-state index contributed by atoms with van der Waals surface area (Å²) in [6, 6.07) is 0.272. The maximum absolute atomic E-state index is 13.8. The summed E-state index contributed by atoms with van der Waals surface area (Å²) in [6.07, 6.45) is 7.50. The average molecular weight is 656 g/mol. The molecule has 0 saturated heterocycles. The molecule has 0 amide bonds. The largest absolute Gasteiger partial charge is 0.481 e. The van der Waals surface area contributed by atoms with Gasteiger partial charge in [0.05, 0.1) is 17.9 Å². The van der Waals surface area contributed by atoms with Crippen LogP contribution in [0.2, 0.25) is 0 Å². The lowest BCUT2D eigenvalue weighted by Gasteiger charge is -2.72. The number of ether oxygens (including phenoxy) is 1. The second kappa shape index (κ2) is 12.0. The summed E-state index contributed by atoms with van der Waals surface area (Å²) in [7, 11) is 0. The van der Waals surface area contributed by atoms with Crippen molar-refractivity contribution in [2.24, 2.45) is 56.2 Å². The quantitative estimate of drug-likeness (QED) is 0.218. The zero-order valence-electron chi connectivity index (χ0n) is 31.3. The molecule has 5 rings (SSSR count). The van der Waals surface area contributed by atoms with E-state index in [1.807, 2.05) is 0 Å². The Morgan fingerprint density at radius 2 is 1.57 bits per heavy atom. The highest BCUT2D eigenvalue weighted by Crippen LogP contribution is 2.77. The van der Waals surface area contributed by atoms with Gasteiger partial charge in [-0.2, -0.15) is 0 Å². The molecular formula is C40H65NO6. The van der Waals surface area contributed by atoms with E-state index in [1.54, 1.807) is 13.8 Å². The number of esters is 1. The van der Waals surface area contributed by atoms with E-state index in [9.17, 15) is 24.6 Å². The number of ketones is 1. The van der Waals surface area contributed by atoms with Crippen LogP contribution in [-0.4, -0.2) is 52.7 Å². The summed E-state index contributed by atoms with van der Waals surface area (Å²) in [5, 5.41) is 24.9.